The van der Waals surface area contributed by atoms with E-state index in [2.05, 4.69) is 20.7 Å². The minimum absolute atomic E-state index is 0.000499. The van der Waals surface area contributed by atoms with Crippen LogP contribution in [0, 0.1) is 0 Å². The van der Waals surface area contributed by atoms with Crippen LogP contribution >= 0.6 is 27.5 Å². The lowest BCUT2D eigenvalue weighted by Crippen LogP contribution is -2.25. The third kappa shape index (κ3) is 7.50. The number of hydrogen-bond acceptors (Lipinski definition) is 5. The number of alkyl halides is 3. The van der Waals surface area contributed by atoms with Crippen molar-refractivity contribution in [2.75, 3.05) is 7.11 Å². The molecule has 0 bridgehead atoms. The van der Waals surface area contributed by atoms with E-state index in [1.165, 1.54) is 29.9 Å². The summed E-state index contributed by atoms with van der Waals surface area (Å²) < 4.78 is 53.8. The zero-order chi connectivity index (χ0) is 25.6. The van der Waals surface area contributed by atoms with Gasteiger partial charge in [0.25, 0.3) is 5.56 Å². The highest BCUT2D eigenvalue weighted by atomic mass is 79.9. The fraction of sp³-hybridized carbons (Fsp3) is 0.250. The van der Waals surface area contributed by atoms with Crippen LogP contribution in [0.15, 0.2) is 75.0 Å². The van der Waals surface area contributed by atoms with Crippen molar-refractivity contribution in [3.8, 4) is 11.5 Å². The molecule has 0 atom stereocenters. The van der Waals surface area contributed by atoms with Gasteiger partial charge in [-0.1, -0.05) is 42.0 Å². The average molecular weight is 575 g/mol. The molecule has 35 heavy (non-hydrogen) atoms. The second-order valence-corrected chi connectivity index (χ2v) is 8.60. The van der Waals surface area contributed by atoms with Crippen LogP contribution in [0.5, 0.6) is 11.5 Å². The largest absolute Gasteiger partial charge is 0.573 e. The number of benzene rings is 1. The molecule has 2 aromatic rings. The van der Waals surface area contributed by atoms with Crippen molar-refractivity contribution in [1.82, 2.24) is 4.57 Å². The molecule has 1 heterocycles. The first-order valence-electron chi connectivity index (χ1n) is 10.3. The van der Waals surface area contributed by atoms with Gasteiger partial charge in [-0.05, 0) is 52.5 Å². The van der Waals surface area contributed by atoms with Crippen molar-refractivity contribution in [2.24, 2.45) is 0 Å². The van der Waals surface area contributed by atoms with Crippen LogP contribution in [-0.4, -0.2) is 24.0 Å². The number of ether oxygens (including phenoxy) is 3. The minimum Gasteiger partial charge on any atom is -0.487 e. The van der Waals surface area contributed by atoms with Crippen molar-refractivity contribution in [2.45, 2.75) is 32.4 Å². The Balaban J connectivity index is 1.80. The van der Waals surface area contributed by atoms with Gasteiger partial charge in [0.15, 0.2) is 0 Å². The predicted molar refractivity (Wildman–Crippen MR) is 127 cm³/mol. The first-order chi connectivity index (χ1) is 16.6. The molecule has 3 rings (SSSR count). The molecule has 1 aliphatic rings. The highest BCUT2D eigenvalue weighted by molar-refractivity contribution is 9.10. The molecule has 0 saturated heterocycles. The van der Waals surface area contributed by atoms with E-state index in [4.69, 9.17) is 21.1 Å². The Morgan fingerprint density at radius 1 is 1.20 bits per heavy atom. The zero-order valence-corrected chi connectivity index (χ0v) is 20.7. The van der Waals surface area contributed by atoms with E-state index >= 15 is 0 Å². The molecule has 11 heteroatoms. The lowest BCUT2D eigenvalue weighted by Gasteiger charge is -2.17. The highest BCUT2D eigenvalue weighted by Crippen LogP contribution is 2.28. The Bertz CT molecular complexity index is 1250. The van der Waals surface area contributed by atoms with E-state index in [0.717, 1.165) is 17.7 Å². The number of hydrogen-bond donors (Lipinski definition) is 0. The van der Waals surface area contributed by atoms with Crippen molar-refractivity contribution in [3.05, 3.63) is 91.3 Å². The predicted octanol–water partition coefficient (Wildman–Crippen LogP) is 6.12. The molecule has 1 aromatic heterocycles. The van der Waals surface area contributed by atoms with Crippen LogP contribution in [0.3, 0.4) is 0 Å². The summed E-state index contributed by atoms with van der Waals surface area (Å²) >= 11 is 9.47. The number of esters is 1. The number of methoxy groups -OCH3 is 1. The summed E-state index contributed by atoms with van der Waals surface area (Å²) in [4.78, 5) is 24.5. The number of carbonyl (C=O) groups is 1. The molecule has 0 spiro atoms. The summed E-state index contributed by atoms with van der Waals surface area (Å²) in [6.45, 7) is 0.120. The van der Waals surface area contributed by atoms with Crippen LogP contribution in [0.25, 0.3) is 0 Å². The summed E-state index contributed by atoms with van der Waals surface area (Å²) in [5.74, 6) is -0.706. The maximum absolute atomic E-state index is 12.8. The summed E-state index contributed by atoms with van der Waals surface area (Å²) in [7, 11) is 1.31. The zero-order valence-electron chi connectivity index (χ0n) is 18.4. The van der Waals surface area contributed by atoms with Gasteiger partial charge in [0.2, 0.25) is 0 Å². The van der Waals surface area contributed by atoms with Gasteiger partial charge in [0.1, 0.15) is 23.1 Å². The second kappa shape index (κ2) is 11.6. The Labute approximate surface area is 212 Å². The monoisotopic (exact) mass is 573 g/mol. The molecule has 1 aromatic carbocycles. The quantitative estimate of drug-likeness (QED) is 0.356. The third-order valence-corrected chi connectivity index (χ3v) is 5.92. The van der Waals surface area contributed by atoms with Gasteiger partial charge >= 0.3 is 12.3 Å². The first kappa shape index (κ1) is 26.6. The maximum Gasteiger partial charge on any atom is 0.573 e. The van der Waals surface area contributed by atoms with Gasteiger partial charge in [-0.2, -0.15) is 0 Å². The van der Waals surface area contributed by atoms with E-state index in [1.807, 2.05) is 12.2 Å². The lowest BCUT2D eigenvalue weighted by molar-refractivity contribution is -0.274. The Morgan fingerprint density at radius 2 is 1.94 bits per heavy atom. The fourth-order valence-electron chi connectivity index (χ4n) is 3.29. The number of nitrogens with zero attached hydrogens (tertiary/aromatic N) is 1. The number of pyridine rings is 1. The van der Waals surface area contributed by atoms with Gasteiger partial charge < -0.3 is 18.8 Å². The van der Waals surface area contributed by atoms with Crippen LogP contribution in [0.2, 0.25) is 5.02 Å². The molecule has 0 saturated carbocycles. The number of aromatic nitrogens is 1. The normalized spacial score (nSPS) is 13.5. The number of halogens is 5. The number of allylic oxidation sites excluding steroid dienone is 5. The first-order valence-corrected chi connectivity index (χ1v) is 11.5. The molecule has 186 valence electrons. The minimum atomic E-state index is -4.83. The molecular formula is C24H20BrClF3NO5. The van der Waals surface area contributed by atoms with Crippen molar-refractivity contribution in [1.29, 1.82) is 0 Å². The molecule has 0 radical (unpaired) electrons. The topological polar surface area (TPSA) is 66.8 Å². The number of carbonyl (C=O) groups excluding carboxylic acids is 1. The van der Waals surface area contributed by atoms with Gasteiger partial charge in [-0.3, -0.25) is 4.79 Å². The molecule has 0 unspecified atom stereocenters. The summed E-state index contributed by atoms with van der Waals surface area (Å²) in [6.07, 6.45) is 3.19. The Hall–Kier alpha value is -2.98. The molecule has 1 aliphatic carbocycles. The maximum atomic E-state index is 12.8. The lowest BCUT2D eigenvalue weighted by atomic mass is 10.1. The van der Waals surface area contributed by atoms with Crippen LogP contribution in [0.4, 0.5) is 13.2 Å². The van der Waals surface area contributed by atoms with E-state index in [-0.39, 0.29) is 23.9 Å². The van der Waals surface area contributed by atoms with Crippen LogP contribution in [-0.2, 0) is 22.7 Å². The van der Waals surface area contributed by atoms with Gasteiger partial charge in [0.05, 0.1) is 12.8 Å². The molecule has 6 nitrogen and oxygen atoms in total. The Kier molecular flexibility index (Phi) is 8.85. The van der Waals surface area contributed by atoms with E-state index in [1.54, 1.807) is 12.2 Å². The van der Waals surface area contributed by atoms with Gasteiger partial charge in [-0.25, -0.2) is 4.79 Å². The fourth-order valence-corrected chi connectivity index (χ4v) is 4.19. The molecule has 0 N–H and O–H groups in total. The third-order valence-electron chi connectivity index (χ3n) is 4.96. The Morgan fingerprint density at radius 3 is 2.66 bits per heavy atom. The van der Waals surface area contributed by atoms with E-state index in [0.29, 0.717) is 28.6 Å². The average Bonchev–Trinajstić information content (AvgIpc) is 3.04. The van der Waals surface area contributed by atoms with Crippen molar-refractivity contribution in [3.63, 3.8) is 0 Å². The highest BCUT2D eigenvalue weighted by Gasteiger charge is 2.31. The summed E-state index contributed by atoms with van der Waals surface area (Å²) in [6, 6.07) is 6.54. The summed E-state index contributed by atoms with van der Waals surface area (Å²) in [5.41, 5.74) is 1.39. The smallest absolute Gasteiger partial charge is 0.487 e. The summed E-state index contributed by atoms with van der Waals surface area (Å²) in [5, 5.41) is -0.000499. The van der Waals surface area contributed by atoms with Crippen LogP contribution < -0.4 is 15.0 Å². The molecule has 0 amide bonds. The SMILES string of the molecule is COC(=O)C1=CC=C(CCn2c(COc3cccc(OC(F)(F)F)c3)c(Br)cc(Cl)c2=O)C=CC1. The van der Waals surface area contributed by atoms with Gasteiger partial charge in [-0.15, -0.1) is 13.2 Å². The molecular weight excluding hydrogens is 555 g/mol. The van der Waals surface area contributed by atoms with E-state index < -0.39 is 23.6 Å². The van der Waals surface area contributed by atoms with Gasteiger partial charge in [0, 0.05) is 22.7 Å². The molecule has 0 fully saturated rings. The van der Waals surface area contributed by atoms with Crippen molar-refractivity contribution < 1.29 is 32.2 Å². The second-order valence-electron chi connectivity index (χ2n) is 7.34. The standard InChI is InChI=1S/C24H20BrClF3NO5/c1-33-23(32)16-5-2-4-15(8-9-16)10-11-30-21(19(25)13-20(26)22(30)31)14-34-17-6-3-7-18(12-17)35-24(27,28)29/h2-4,6-9,12-13H,5,10-11,14H2,1H3. The van der Waals surface area contributed by atoms with Crippen molar-refractivity contribution >= 4 is 33.5 Å². The van der Waals surface area contributed by atoms with E-state index in [9.17, 15) is 22.8 Å². The van der Waals surface area contributed by atoms with Crippen LogP contribution in [0.1, 0.15) is 18.5 Å². The number of rotatable bonds is 8. The molecule has 0 aliphatic heterocycles.